The second kappa shape index (κ2) is 7.31. The van der Waals surface area contributed by atoms with Gasteiger partial charge in [0, 0.05) is 23.5 Å². The number of anilines is 2. The van der Waals surface area contributed by atoms with Crippen molar-refractivity contribution in [3.63, 3.8) is 0 Å². The molecule has 2 aromatic rings. The van der Waals surface area contributed by atoms with E-state index in [0.29, 0.717) is 28.6 Å². The van der Waals surface area contributed by atoms with Gasteiger partial charge < -0.3 is 10.2 Å². The molecule has 0 saturated carbocycles. The molecule has 2 aromatic carbocycles. The summed E-state index contributed by atoms with van der Waals surface area (Å²) in [4.78, 5) is 25.6. The van der Waals surface area contributed by atoms with Crippen molar-refractivity contribution in [2.75, 3.05) is 11.4 Å². The molecule has 1 saturated heterocycles. The van der Waals surface area contributed by atoms with Gasteiger partial charge in [-0.25, -0.2) is 5.48 Å². The first kappa shape index (κ1) is 17.5. The van der Waals surface area contributed by atoms with Crippen molar-refractivity contribution in [3.8, 4) is 0 Å². The highest BCUT2D eigenvalue weighted by molar-refractivity contribution is 6.42. The molecule has 3 N–H and O–H groups in total. The predicted octanol–water partition coefficient (Wildman–Crippen LogP) is 3.14. The Balaban J connectivity index is 2.03. The first-order valence-corrected chi connectivity index (χ1v) is 8.33. The van der Waals surface area contributed by atoms with Gasteiger partial charge in [-0.2, -0.15) is 0 Å². The minimum atomic E-state index is -0.605. The summed E-state index contributed by atoms with van der Waals surface area (Å²) in [5, 5.41) is 12.4. The smallest absolute Gasteiger partial charge is 0.274 e. The van der Waals surface area contributed by atoms with Crippen molar-refractivity contribution in [2.45, 2.75) is 12.5 Å². The van der Waals surface area contributed by atoms with Crippen LogP contribution >= 0.6 is 23.2 Å². The van der Waals surface area contributed by atoms with Gasteiger partial charge in [-0.1, -0.05) is 23.2 Å². The summed E-state index contributed by atoms with van der Waals surface area (Å²) in [6.45, 7) is 0.590. The first-order valence-electron chi connectivity index (χ1n) is 7.58. The van der Waals surface area contributed by atoms with E-state index in [1.165, 1.54) is 0 Å². The summed E-state index contributed by atoms with van der Waals surface area (Å²) < 4.78 is 0. The predicted molar refractivity (Wildman–Crippen MR) is 95.7 cm³/mol. The number of hydrogen-bond donors (Lipinski definition) is 3. The minimum absolute atomic E-state index is 0.0803. The molecule has 130 valence electrons. The SMILES string of the molecule is O=C(NO)c1ccc(N(c2ccc(Cl)c(Cl)c2)C2CCNC2=O)cc1. The Hall–Kier alpha value is -2.28. The Labute approximate surface area is 154 Å². The van der Waals surface area contributed by atoms with E-state index in [4.69, 9.17) is 28.4 Å². The van der Waals surface area contributed by atoms with Gasteiger partial charge in [0.25, 0.3) is 5.91 Å². The molecule has 1 unspecified atom stereocenters. The lowest BCUT2D eigenvalue weighted by Gasteiger charge is -2.30. The van der Waals surface area contributed by atoms with Gasteiger partial charge in [0.2, 0.25) is 5.91 Å². The molecule has 0 aliphatic carbocycles. The Morgan fingerprint density at radius 2 is 1.80 bits per heavy atom. The zero-order valence-electron chi connectivity index (χ0n) is 13.0. The third-order valence-corrected chi connectivity index (χ3v) is 4.76. The fourth-order valence-electron chi connectivity index (χ4n) is 2.81. The van der Waals surface area contributed by atoms with Gasteiger partial charge in [-0.15, -0.1) is 0 Å². The van der Waals surface area contributed by atoms with E-state index in [0.717, 1.165) is 11.4 Å². The van der Waals surface area contributed by atoms with Gasteiger partial charge in [-0.3, -0.25) is 14.8 Å². The monoisotopic (exact) mass is 379 g/mol. The van der Waals surface area contributed by atoms with Crippen molar-refractivity contribution in [3.05, 3.63) is 58.1 Å². The highest BCUT2D eigenvalue weighted by Gasteiger charge is 2.31. The topological polar surface area (TPSA) is 81.7 Å². The maximum absolute atomic E-state index is 12.2. The maximum atomic E-state index is 12.2. The number of hydroxylamine groups is 1. The largest absolute Gasteiger partial charge is 0.354 e. The molecular formula is C17H15Cl2N3O3. The molecule has 25 heavy (non-hydrogen) atoms. The molecule has 0 spiro atoms. The summed E-state index contributed by atoms with van der Waals surface area (Å²) in [6, 6.07) is 11.3. The summed E-state index contributed by atoms with van der Waals surface area (Å²) in [6.07, 6.45) is 0.637. The number of carbonyl (C=O) groups excluding carboxylic acids is 2. The fraction of sp³-hybridized carbons (Fsp3) is 0.176. The molecule has 0 radical (unpaired) electrons. The number of rotatable bonds is 4. The Morgan fingerprint density at radius 1 is 1.12 bits per heavy atom. The quantitative estimate of drug-likeness (QED) is 0.562. The zero-order chi connectivity index (χ0) is 18.0. The first-order chi connectivity index (χ1) is 12.0. The summed E-state index contributed by atoms with van der Waals surface area (Å²) in [5.41, 5.74) is 3.33. The average Bonchev–Trinajstić information content (AvgIpc) is 3.04. The number of hydrogen-bond acceptors (Lipinski definition) is 4. The van der Waals surface area contributed by atoms with Gasteiger partial charge >= 0.3 is 0 Å². The number of carbonyl (C=O) groups is 2. The van der Waals surface area contributed by atoms with Crippen LogP contribution in [0.5, 0.6) is 0 Å². The van der Waals surface area contributed by atoms with Crippen LogP contribution in [0.2, 0.25) is 10.0 Å². The second-order valence-electron chi connectivity index (χ2n) is 5.55. The van der Waals surface area contributed by atoms with Crippen LogP contribution in [0, 0.1) is 0 Å². The number of amides is 2. The molecule has 3 rings (SSSR count). The van der Waals surface area contributed by atoms with Crippen LogP contribution in [0.1, 0.15) is 16.8 Å². The molecule has 8 heteroatoms. The third-order valence-electron chi connectivity index (χ3n) is 4.02. The Kier molecular flexibility index (Phi) is 5.13. The van der Waals surface area contributed by atoms with Crippen LogP contribution in [0.4, 0.5) is 11.4 Å². The van der Waals surface area contributed by atoms with Crippen molar-refractivity contribution in [2.24, 2.45) is 0 Å². The normalized spacial score (nSPS) is 16.4. The average molecular weight is 380 g/mol. The van der Waals surface area contributed by atoms with Crippen LogP contribution < -0.4 is 15.7 Å². The number of nitrogens with zero attached hydrogens (tertiary/aromatic N) is 1. The number of nitrogens with one attached hydrogen (secondary N) is 2. The highest BCUT2D eigenvalue weighted by Crippen LogP contribution is 2.34. The van der Waals surface area contributed by atoms with Gasteiger partial charge in [0.15, 0.2) is 0 Å². The zero-order valence-corrected chi connectivity index (χ0v) is 14.5. The van der Waals surface area contributed by atoms with Crippen molar-refractivity contribution in [1.29, 1.82) is 0 Å². The lowest BCUT2D eigenvalue weighted by Crippen LogP contribution is -2.37. The Bertz CT molecular complexity index is 811. The second-order valence-corrected chi connectivity index (χ2v) is 6.37. The molecule has 1 aliphatic heterocycles. The van der Waals surface area contributed by atoms with Crippen molar-refractivity contribution < 1.29 is 14.8 Å². The highest BCUT2D eigenvalue weighted by atomic mass is 35.5. The van der Waals surface area contributed by atoms with Gasteiger partial charge in [0.05, 0.1) is 10.0 Å². The van der Waals surface area contributed by atoms with E-state index in [9.17, 15) is 9.59 Å². The van der Waals surface area contributed by atoms with E-state index in [-0.39, 0.29) is 5.91 Å². The summed E-state index contributed by atoms with van der Waals surface area (Å²) in [7, 11) is 0. The van der Waals surface area contributed by atoms with Crippen LogP contribution in [0.15, 0.2) is 42.5 Å². The van der Waals surface area contributed by atoms with Crippen LogP contribution in [-0.2, 0) is 4.79 Å². The van der Waals surface area contributed by atoms with E-state index in [1.54, 1.807) is 47.9 Å². The van der Waals surface area contributed by atoms with Crippen molar-refractivity contribution >= 4 is 46.4 Å². The molecule has 2 amide bonds. The third kappa shape index (κ3) is 3.56. The molecule has 1 aliphatic rings. The lowest BCUT2D eigenvalue weighted by atomic mass is 10.1. The molecular weight excluding hydrogens is 365 g/mol. The van der Waals surface area contributed by atoms with E-state index >= 15 is 0 Å². The van der Waals surface area contributed by atoms with Crippen LogP contribution in [-0.4, -0.2) is 29.6 Å². The van der Waals surface area contributed by atoms with Crippen molar-refractivity contribution in [1.82, 2.24) is 10.8 Å². The lowest BCUT2D eigenvalue weighted by molar-refractivity contribution is -0.120. The minimum Gasteiger partial charge on any atom is -0.354 e. The molecule has 0 bridgehead atoms. The van der Waals surface area contributed by atoms with E-state index < -0.39 is 11.9 Å². The molecule has 1 atom stereocenters. The summed E-state index contributed by atoms with van der Waals surface area (Å²) >= 11 is 12.1. The molecule has 0 aromatic heterocycles. The molecule has 1 heterocycles. The van der Waals surface area contributed by atoms with Gasteiger partial charge in [-0.05, 0) is 48.9 Å². The Morgan fingerprint density at radius 3 is 2.36 bits per heavy atom. The van der Waals surface area contributed by atoms with E-state index in [2.05, 4.69) is 5.32 Å². The molecule has 6 nitrogen and oxygen atoms in total. The fourth-order valence-corrected chi connectivity index (χ4v) is 3.10. The van der Waals surface area contributed by atoms with Crippen LogP contribution in [0.3, 0.4) is 0 Å². The van der Waals surface area contributed by atoms with E-state index in [1.807, 2.05) is 4.90 Å². The number of benzene rings is 2. The van der Waals surface area contributed by atoms with Crippen LogP contribution in [0.25, 0.3) is 0 Å². The van der Waals surface area contributed by atoms with Gasteiger partial charge in [0.1, 0.15) is 6.04 Å². The maximum Gasteiger partial charge on any atom is 0.274 e. The standard InChI is InChI=1S/C17H15Cl2N3O3/c18-13-6-5-12(9-14(13)19)22(15-7-8-20-17(15)24)11-3-1-10(2-4-11)16(23)21-25/h1-6,9,15,25H,7-8H2,(H,20,24)(H,21,23). The molecule has 1 fully saturated rings. The number of halogens is 2. The summed E-state index contributed by atoms with van der Waals surface area (Å²) in [5.74, 6) is -0.686.